The van der Waals surface area contributed by atoms with E-state index in [0.29, 0.717) is 12.3 Å². The maximum absolute atomic E-state index is 12.3. The standard InChI is InChI=1S/C19H24IN3O2/c1-13-6-5-7-17(14(13)2)22-19(24)21-15-8-9-16(20)18(12-15)25-11-10-23(3)4/h5-9,12H,10-11H2,1-4H3,(H2,21,22,24). The highest BCUT2D eigenvalue weighted by molar-refractivity contribution is 14.1. The van der Waals surface area contributed by atoms with Gasteiger partial charge < -0.3 is 20.3 Å². The number of urea groups is 1. The van der Waals surface area contributed by atoms with Gasteiger partial charge in [-0.15, -0.1) is 0 Å². The Balaban J connectivity index is 2.01. The second-order valence-electron chi connectivity index (χ2n) is 6.12. The summed E-state index contributed by atoms with van der Waals surface area (Å²) < 4.78 is 6.81. The van der Waals surface area contributed by atoms with Crippen molar-refractivity contribution in [1.82, 2.24) is 4.90 Å². The fourth-order valence-electron chi connectivity index (χ4n) is 2.20. The predicted molar refractivity (Wildman–Crippen MR) is 112 cm³/mol. The Morgan fingerprint density at radius 3 is 2.64 bits per heavy atom. The normalized spacial score (nSPS) is 10.6. The van der Waals surface area contributed by atoms with E-state index >= 15 is 0 Å². The number of nitrogens with zero attached hydrogens (tertiary/aromatic N) is 1. The lowest BCUT2D eigenvalue weighted by Gasteiger charge is -2.14. The van der Waals surface area contributed by atoms with Crippen molar-refractivity contribution in [2.24, 2.45) is 0 Å². The number of carbonyl (C=O) groups excluding carboxylic acids is 1. The maximum atomic E-state index is 12.3. The third-order valence-corrected chi connectivity index (χ3v) is 4.73. The monoisotopic (exact) mass is 453 g/mol. The molecule has 0 saturated heterocycles. The summed E-state index contributed by atoms with van der Waals surface area (Å²) in [4.78, 5) is 14.3. The van der Waals surface area contributed by atoms with Gasteiger partial charge in [0.1, 0.15) is 12.4 Å². The maximum Gasteiger partial charge on any atom is 0.323 e. The van der Waals surface area contributed by atoms with E-state index in [1.165, 1.54) is 0 Å². The van der Waals surface area contributed by atoms with Crippen molar-refractivity contribution in [2.75, 3.05) is 37.9 Å². The number of halogens is 1. The van der Waals surface area contributed by atoms with Gasteiger partial charge in [-0.3, -0.25) is 0 Å². The van der Waals surface area contributed by atoms with E-state index < -0.39 is 0 Å². The first-order chi connectivity index (χ1) is 11.9. The van der Waals surface area contributed by atoms with Crippen molar-refractivity contribution in [1.29, 1.82) is 0 Å². The van der Waals surface area contributed by atoms with E-state index in [2.05, 4.69) is 38.1 Å². The summed E-state index contributed by atoms with van der Waals surface area (Å²) in [5.41, 5.74) is 3.71. The summed E-state index contributed by atoms with van der Waals surface area (Å²) in [6, 6.07) is 11.2. The molecule has 2 amide bonds. The Hall–Kier alpha value is -1.80. The minimum Gasteiger partial charge on any atom is -0.491 e. The van der Waals surface area contributed by atoms with Crippen molar-refractivity contribution >= 4 is 40.0 Å². The minimum absolute atomic E-state index is 0.269. The fourth-order valence-corrected chi connectivity index (χ4v) is 2.69. The van der Waals surface area contributed by atoms with E-state index in [1.54, 1.807) is 0 Å². The van der Waals surface area contributed by atoms with Gasteiger partial charge in [0.15, 0.2) is 0 Å². The average Bonchev–Trinajstić information content (AvgIpc) is 2.54. The van der Waals surface area contributed by atoms with Gasteiger partial charge in [-0.1, -0.05) is 12.1 Å². The number of ether oxygens (including phenoxy) is 1. The number of rotatable bonds is 6. The highest BCUT2D eigenvalue weighted by Crippen LogP contribution is 2.25. The number of nitrogens with one attached hydrogen (secondary N) is 2. The Kier molecular flexibility index (Phi) is 7.07. The Labute approximate surface area is 162 Å². The van der Waals surface area contributed by atoms with Gasteiger partial charge in [-0.25, -0.2) is 4.79 Å². The van der Waals surface area contributed by atoms with Crippen molar-refractivity contribution < 1.29 is 9.53 Å². The van der Waals surface area contributed by atoms with Gasteiger partial charge >= 0.3 is 6.03 Å². The molecule has 0 bridgehead atoms. The number of amides is 2. The lowest BCUT2D eigenvalue weighted by atomic mass is 10.1. The summed E-state index contributed by atoms with van der Waals surface area (Å²) in [5.74, 6) is 0.770. The molecule has 0 aliphatic carbocycles. The van der Waals surface area contributed by atoms with Crippen LogP contribution in [0.4, 0.5) is 16.2 Å². The quantitative estimate of drug-likeness (QED) is 0.634. The molecule has 2 rings (SSSR count). The molecule has 0 radical (unpaired) electrons. The summed E-state index contributed by atoms with van der Waals surface area (Å²) in [6.07, 6.45) is 0. The summed E-state index contributed by atoms with van der Waals surface area (Å²) in [7, 11) is 4.01. The van der Waals surface area contributed by atoms with Crippen LogP contribution in [0, 0.1) is 17.4 Å². The molecule has 0 aliphatic heterocycles. The lowest BCUT2D eigenvalue weighted by molar-refractivity contribution is 0.260. The van der Waals surface area contributed by atoms with Crippen LogP contribution in [0.3, 0.4) is 0 Å². The Morgan fingerprint density at radius 1 is 1.16 bits per heavy atom. The molecule has 0 heterocycles. The molecule has 25 heavy (non-hydrogen) atoms. The van der Waals surface area contributed by atoms with Crippen LogP contribution in [0.5, 0.6) is 5.75 Å². The van der Waals surface area contributed by atoms with E-state index in [-0.39, 0.29) is 6.03 Å². The molecule has 0 spiro atoms. The van der Waals surface area contributed by atoms with Crippen molar-refractivity contribution in [3.8, 4) is 5.75 Å². The molecular formula is C19H24IN3O2. The predicted octanol–water partition coefficient (Wildman–Crippen LogP) is 4.49. The van der Waals surface area contributed by atoms with Crippen LogP contribution in [0.1, 0.15) is 11.1 Å². The molecular weight excluding hydrogens is 429 g/mol. The molecule has 0 fully saturated rings. The zero-order valence-electron chi connectivity index (χ0n) is 15.0. The first kappa shape index (κ1) is 19.5. The smallest absolute Gasteiger partial charge is 0.323 e. The number of hydrogen-bond donors (Lipinski definition) is 2. The molecule has 0 unspecified atom stereocenters. The van der Waals surface area contributed by atoms with Crippen LogP contribution in [0.2, 0.25) is 0 Å². The van der Waals surface area contributed by atoms with Crippen LogP contribution in [-0.2, 0) is 0 Å². The Morgan fingerprint density at radius 2 is 1.92 bits per heavy atom. The van der Waals surface area contributed by atoms with E-state index in [9.17, 15) is 4.79 Å². The van der Waals surface area contributed by atoms with Gasteiger partial charge in [0.05, 0.1) is 3.57 Å². The first-order valence-electron chi connectivity index (χ1n) is 8.08. The number of anilines is 2. The zero-order chi connectivity index (χ0) is 18.4. The highest BCUT2D eigenvalue weighted by atomic mass is 127. The van der Waals surface area contributed by atoms with Gasteiger partial charge in [0.2, 0.25) is 0 Å². The number of carbonyl (C=O) groups is 1. The SMILES string of the molecule is Cc1cccc(NC(=O)Nc2ccc(I)c(OCCN(C)C)c2)c1C. The van der Waals surface area contributed by atoms with Gasteiger partial charge in [0, 0.05) is 24.0 Å². The molecule has 5 nitrogen and oxygen atoms in total. The largest absolute Gasteiger partial charge is 0.491 e. The van der Waals surface area contributed by atoms with Gasteiger partial charge in [-0.05, 0) is 79.9 Å². The van der Waals surface area contributed by atoms with Crippen molar-refractivity contribution in [3.05, 3.63) is 51.1 Å². The Bertz CT molecular complexity index is 747. The fraction of sp³-hybridized carbons (Fsp3) is 0.316. The lowest BCUT2D eigenvalue weighted by Crippen LogP contribution is -2.21. The number of aryl methyl sites for hydroxylation is 1. The molecule has 0 saturated carbocycles. The van der Waals surface area contributed by atoms with E-state index in [4.69, 9.17) is 4.74 Å². The zero-order valence-corrected chi connectivity index (χ0v) is 17.2. The molecule has 2 N–H and O–H groups in total. The molecule has 6 heteroatoms. The van der Waals surface area contributed by atoms with Crippen LogP contribution < -0.4 is 15.4 Å². The van der Waals surface area contributed by atoms with E-state index in [0.717, 1.165) is 32.7 Å². The van der Waals surface area contributed by atoms with E-state index in [1.807, 2.05) is 64.3 Å². The number of benzene rings is 2. The van der Waals surface area contributed by atoms with Crippen molar-refractivity contribution in [3.63, 3.8) is 0 Å². The van der Waals surface area contributed by atoms with Gasteiger partial charge in [-0.2, -0.15) is 0 Å². The molecule has 0 atom stereocenters. The van der Waals surface area contributed by atoms with Crippen LogP contribution >= 0.6 is 22.6 Å². The van der Waals surface area contributed by atoms with Crippen LogP contribution in [0.25, 0.3) is 0 Å². The third kappa shape index (κ3) is 5.89. The van der Waals surface area contributed by atoms with Gasteiger partial charge in [0.25, 0.3) is 0 Å². The highest BCUT2D eigenvalue weighted by Gasteiger charge is 2.08. The molecule has 0 aromatic heterocycles. The second kappa shape index (κ2) is 9.05. The summed E-state index contributed by atoms with van der Waals surface area (Å²) in [6.45, 7) is 5.45. The average molecular weight is 453 g/mol. The second-order valence-corrected chi connectivity index (χ2v) is 7.29. The minimum atomic E-state index is -0.269. The van der Waals surface area contributed by atoms with Crippen LogP contribution in [-0.4, -0.2) is 38.2 Å². The summed E-state index contributed by atoms with van der Waals surface area (Å²) >= 11 is 2.23. The molecule has 134 valence electrons. The first-order valence-corrected chi connectivity index (χ1v) is 9.16. The molecule has 0 aliphatic rings. The number of likely N-dealkylation sites (N-methyl/N-ethyl adjacent to an activating group) is 1. The topological polar surface area (TPSA) is 53.6 Å². The van der Waals surface area contributed by atoms with Crippen molar-refractivity contribution in [2.45, 2.75) is 13.8 Å². The summed E-state index contributed by atoms with van der Waals surface area (Å²) in [5, 5.41) is 5.75. The molecule has 2 aromatic rings. The molecule has 2 aromatic carbocycles. The third-order valence-electron chi connectivity index (χ3n) is 3.84. The van der Waals surface area contributed by atoms with Crippen LogP contribution in [0.15, 0.2) is 36.4 Å². The number of hydrogen-bond acceptors (Lipinski definition) is 3.